The summed E-state index contributed by atoms with van der Waals surface area (Å²) in [6, 6.07) is 0. The highest BCUT2D eigenvalue weighted by atomic mass is 31.2. The summed E-state index contributed by atoms with van der Waals surface area (Å²) >= 11 is 0. The third-order valence-corrected chi connectivity index (χ3v) is 6.77. The number of aliphatic hydroxyl groups is 1. The normalized spacial score (nSPS) is 13.7. The summed E-state index contributed by atoms with van der Waals surface area (Å²) in [6.07, 6.45) is 3.61. The lowest BCUT2D eigenvalue weighted by Crippen LogP contribution is -2.30. The number of imidazole rings is 1. The van der Waals surface area contributed by atoms with Gasteiger partial charge < -0.3 is 29.2 Å². The van der Waals surface area contributed by atoms with Gasteiger partial charge in [0, 0.05) is 31.8 Å². The van der Waals surface area contributed by atoms with Gasteiger partial charge >= 0.3 is 15.2 Å². The summed E-state index contributed by atoms with van der Waals surface area (Å²) in [4.78, 5) is 40.1. The first kappa shape index (κ1) is 17.5. The van der Waals surface area contributed by atoms with Crippen LogP contribution in [-0.4, -0.2) is 39.3 Å². The van der Waals surface area contributed by atoms with Crippen LogP contribution in [0.25, 0.3) is 0 Å². The van der Waals surface area contributed by atoms with Gasteiger partial charge in [-0.1, -0.05) is 6.92 Å². The van der Waals surface area contributed by atoms with Crippen molar-refractivity contribution in [2.75, 3.05) is 0 Å². The van der Waals surface area contributed by atoms with E-state index in [0.717, 1.165) is 6.42 Å². The van der Waals surface area contributed by atoms with Crippen LogP contribution in [-0.2, 0) is 22.1 Å². The Morgan fingerprint density at radius 1 is 1.25 bits per heavy atom. The van der Waals surface area contributed by atoms with Gasteiger partial charge in [-0.2, -0.15) is 0 Å². The summed E-state index contributed by atoms with van der Waals surface area (Å²) in [5.74, 6) is 0.617. The van der Waals surface area contributed by atoms with Gasteiger partial charge in [-0.15, -0.1) is 0 Å². The Bertz CT molecular complexity index is 524. The molecule has 0 amide bonds. The topological polar surface area (TPSA) is 153 Å². The Morgan fingerprint density at radius 2 is 1.80 bits per heavy atom. The number of rotatable bonds is 7. The van der Waals surface area contributed by atoms with E-state index in [1.54, 1.807) is 0 Å². The fourth-order valence-electron chi connectivity index (χ4n) is 1.73. The fourth-order valence-corrected chi connectivity index (χ4v) is 3.87. The quantitative estimate of drug-likeness (QED) is 0.446. The molecule has 116 valence electrons. The highest BCUT2D eigenvalue weighted by Gasteiger charge is 2.58. The second-order valence-electron chi connectivity index (χ2n) is 4.40. The number of hydrogen-bond donors (Lipinski definition) is 5. The summed E-state index contributed by atoms with van der Waals surface area (Å²) in [5, 5.41) is 6.36. The van der Waals surface area contributed by atoms with Gasteiger partial charge in [-0.3, -0.25) is 9.13 Å². The number of hydrogen-bond acceptors (Lipinski definition) is 4. The van der Waals surface area contributed by atoms with Crippen LogP contribution in [0.2, 0.25) is 0 Å². The smallest absolute Gasteiger partial charge is 0.367 e. The molecular formula is C9H18N2O7P2. The molecule has 1 rings (SSSR count). The third-order valence-electron chi connectivity index (χ3n) is 2.90. The second-order valence-corrected chi connectivity index (χ2v) is 8.41. The second kappa shape index (κ2) is 6.07. The molecule has 1 aromatic rings. The van der Waals surface area contributed by atoms with Crippen molar-refractivity contribution in [2.24, 2.45) is 0 Å². The molecule has 1 heterocycles. The molecule has 9 nitrogen and oxygen atoms in total. The first-order chi connectivity index (χ1) is 9.03. The Hall–Kier alpha value is -0.530. The summed E-state index contributed by atoms with van der Waals surface area (Å²) < 4.78 is 23.9. The molecule has 0 aliphatic rings. The van der Waals surface area contributed by atoms with E-state index in [4.69, 9.17) is 19.6 Å². The van der Waals surface area contributed by atoms with Crippen LogP contribution in [0.4, 0.5) is 0 Å². The first-order valence-electron chi connectivity index (χ1n) is 5.86. The Labute approximate surface area is 115 Å². The molecule has 0 aliphatic heterocycles. The molecule has 0 radical (unpaired) electrons. The van der Waals surface area contributed by atoms with Crippen LogP contribution in [0.15, 0.2) is 12.4 Å². The predicted molar refractivity (Wildman–Crippen MR) is 69.9 cm³/mol. The molecule has 0 spiro atoms. The number of aromatic nitrogens is 2. The molecule has 0 atom stereocenters. The van der Waals surface area contributed by atoms with E-state index in [9.17, 15) is 14.2 Å². The van der Waals surface area contributed by atoms with E-state index in [1.165, 1.54) is 17.0 Å². The van der Waals surface area contributed by atoms with Crippen molar-refractivity contribution in [3.05, 3.63) is 18.2 Å². The lowest BCUT2D eigenvalue weighted by molar-refractivity contribution is 0.118. The van der Waals surface area contributed by atoms with E-state index in [0.29, 0.717) is 12.2 Å². The van der Waals surface area contributed by atoms with Crippen molar-refractivity contribution in [3.63, 3.8) is 0 Å². The van der Waals surface area contributed by atoms with Crippen LogP contribution >= 0.6 is 15.2 Å². The highest BCUT2D eigenvalue weighted by molar-refractivity contribution is 7.72. The molecule has 0 unspecified atom stereocenters. The first-order valence-corrected chi connectivity index (χ1v) is 9.09. The van der Waals surface area contributed by atoms with E-state index < -0.39 is 26.7 Å². The maximum atomic E-state index is 11.2. The van der Waals surface area contributed by atoms with Gasteiger partial charge in [-0.05, 0) is 6.42 Å². The van der Waals surface area contributed by atoms with E-state index in [2.05, 4.69) is 4.98 Å². The minimum Gasteiger partial charge on any atom is -0.367 e. The minimum atomic E-state index is -5.40. The molecule has 0 fully saturated rings. The average molecular weight is 328 g/mol. The fraction of sp³-hybridized carbons (Fsp3) is 0.667. The van der Waals surface area contributed by atoms with E-state index in [-0.39, 0.29) is 6.54 Å². The predicted octanol–water partition coefficient (Wildman–Crippen LogP) is 0.227. The molecule has 5 N–H and O–H groups in total. The van der Waals surface area contributed by atoms with Gasteiger partial charge in [0.25, 0.3) is 5.08 Å². The molecule has 0 saturated carbocycles. The van der Waals surface area contributed by atoms with Crippen molar-refractivity contribution < 1.29 is 33.8 Å². The molecule has 1 aromatic heterocycles. The van der Waals surface area contributed by atoms with Crippen molar-refractivity contribution in [1.82, 2.24) is 9.55 Å². The van der Waals surface area contributed by atoms with Crippen molar-refractivity contribution in [3.8, 4) is 0 Å². The minimum absolute atomic E-state index is 0.165. The molecule has 20 heavy (non-hydrogen) atoms. The summed E-state index contributed by atoms with van der Waals surface area (Å²) in [5.41, 5.74) is 0. The van der Waals surface area contributed by atoms with Crippen LogP contribution < -0.4 is 0 Å². The summed E-state index contributed by atoms with van der Waals surface area (Å²) in [7, 11) is -10.8. The molecule has 0 aliphatic carbocycles. The Kier molecular flexibility index (Phi) is 5.32. The van der Waals surface area contributed by atoms with Gasteiger partial charge in [0.05, 0.1) is 0 Å². The Balaban J connectivity index is 2.97. The van der Waals surface area contributed by atoms with E-state index >= 15 is 0 Å². The molecule has 11 heteroatoms. The van der Waals surface area contributed by atoms with Crippen molar-refractivity contribution >= 4 is 15.2 Å². The molecular weight excluding hydrogens is 310 g/mol. The average Bonchev–Trinajstić information content (AvgIpc) is 2.71. The van der Waals surface area contributed by atoms with Gasteiger partial charge in [0.1, 0.15) is 5.82 Å². The summed E-state index contributed by atoms with van der Waals surface area (Å²) in [6.45, 7) is 1.75. The third kappa shape index (κ3) is 3.56. The van der Waals surface area contributed by atoms with Crippen LogP contribution in [0, 0.1) is 0 Å². The SMILES string of the molecule is CCCc1nccn1CCC(O)(P(=O)(O)O)P(=O)(O)O. The van der Waals surface area contributed by atoms with E-state index in [1.807, 2.05) is 6.92 Å². The maximum absolute atomic E-state index is 11.2. The number of nitrogens with zero attached hydrogens (tertiary/aromatic N) is 2. The lowest BCUT2D eigenvalue weighted by Gasteiger charge is -2.29. The van der Waals surface area contributed by atoms with Crippen molar-refractivity contribution in [2.45, 2.75) is 37.8 Å². The largest absolute Gasteiger partial charge is 0.369 e. The van der Waals surface area contributed by atoms with Crippen molar-refractivity contribution in [1.29, 1.82) is 0 Å². The molecule has 0 saturated heterocycles. The van der Waals surface area contributed by atoms with Crippen LogP contribution in [0.3, 0.4) is 0 Å². The van der Waals surface area contributed by atoms with Gasteiger partial charge in [0.2, 0.25) is 0 Å². The van der Waals surface area contributed by atoms with Crippen LogP contribution in [0.5, 0.6) is 0 Å². The van der Waals surface area contributed by atoms with Crippen LogP contribution in [0.1, 0.15) is 25.6 Å². The Morgan fingerprint density at radius 3 is 2.25 bits per heavy atom. The maximum Gasteiger partial charge on any atom is 0.369 e. The molecule has 0 bridgehead atoms. The zero-order valence-corrected chi connectivity index (χ0v) is 12.6. The van der Waals surface area contributed by atoms with Gasteiger partial charge in [-0.25, -0.2) is 4.98 Å². The zero-order chi connectivity index (χ0) is 15.6. The molecule has 0 aromatic carbocycles. The zero-order valence-electron chi connectivity index (χ0n) is 10.8. The monoisotopic (exact) mass is 328 g/mol. The lowest BCUT2D eigenvalue weighted by atomic mass is 10.3. The number of aryl methyl sites for hydroxylation is 2. The van der Waals surface area contributed by atoms with Gasteiger partial charge in [0.15, 0.2) is 0 Å². The highest BCUT2D eigenvalue weighted by Crippen LogP contribution is 2.69. The standard InChI is InChI=1S/C9H18N2O7P2/c1-2-3-8-10-5-7-11(8)6-4-9(12,19(13,14)15)20(16,17)18/h5,7,12H,2-4,6H2,1H3,(H2,13,14,15)(H2,16,17,18).